The lowest BCUT2D eigenvalue weighted by Crippen LogP contribution is -2.26. The van der Waals surface area contributed by atoms with Crippen LogP contribution < -0.4 is 9.47 Å². The molecule has 0 N–H and O–H groups in total. The number of ether oxygens (including phenoxy) is 2. The molecule has 1 aliphatic heterocycles. The predicted octanol–water partition coefficient (Wildman–Crippen LogP) is 3.85. The molecule has 0 radical (unpaired) electrons. The van der Waals surface area contributed by atoms with E-state index in [1.165, 1.54) is 5.56 Å². The smallest absolute Gasteiger partial charge is 0.253 e. The Morgan fingerprint density at radius 3 is 2.38 bits per heavy atom. The van der Waals surface area contributed by atoms with Crippen LogP contribution in [-0.4, -0.2) is 31.1 Å². The first kappa shape index (κ1) is 16.4. The van der Waals surface area contributed by atoms with Gasteiger partial charge in [0, 0.05) is 19.2 Å². The Labute approximate surface area is 143 Å². The Balaban J connectivity index is 1.69. The van der Waals surface area contributed by atoms with E-state index in [-0.39, 0.29) is 5.91 Å². The zero-order valence-electron chi connectivity index (χ0n) is 14.4. The van der Waals surface area contributed by atoms with Crippen molar-refractivity contribution in [2.45, 2.75) is 26.3 Å². The Kier molecular flexibility index (Phi) is 4.74. The summed E-state index contributed by atoms with van der Waals surface area (Å²) in [6.07, 6.45) is 0. The number of amides is 1. The van der Waals surface area contributed by atoms with Crippen molar-refractivity contribution in [2.75, 3.05) is 20.3 Å². The summed E-state index contributed by atoms with van der Waals surface area (Å²) in [5.41, 5.74) is 2.97. The van der Waals surface area contributed by atoms with E-state index >= 15 is 0 Å². The molecular formula is C20H23NO3. The van der Waals surface area contributed by atoms with Crippen LogP contribution >= 0.6 is 0 Å². The van der Waals surface area contributed by atoms with Crippen molar-refractivity contribution < 1.29 is 14.3 Å². The second-order valence-corrected chi connectivity index (χ2v) is 6.42. The molecule has 0 spiro atoms. The highest BCUT2D eigenvalue weighted by atomic mass is 16.6. The number of nitrogens with zero attached hydrogens (tertiary/aromatic N) is 1. The summed E-state index contributed by atoms with van der Waals surface area (Å²) in [5, 5.41) is 0. The zero-order chi connectivity index (χ0) is 17.1. The molecule has 4 heteroatoms. The fourth-order valence-electron chi connectivity index (χ4n) is 2.76. The second kappa shape index (κ2) is 6.95. The molecule has 2 aromatic carbocycles. The Hall–Kier alpha value is -2.49. The van der Waals surface area contributed by atoms with Gasteiger partial charge in [-0.1, -0.05) is 32.0 Å². The van der Waals surface area contributed by atoms with Crippen molar-refractivity contribution in [2.24, 2.45) is 0 Å². The largest absolute Gasteiger partial charge is 0.486 e. The monoisotopic (exact) mass is 325 g/mol. The normalized spacial score (nSPS) is 13.0. The third-order valence-corrected chi connectivity index (χ3v) is 4.20. The minimum absolute atomic E-state index is 0.0141. The van der Waals surface area contributed by atoms with Gasteiger partial charge in [0.05, 0.1) is 0 Å². The minimum atomic E-state index is 0.0141. The summed E-state index contributed by atoms with van der Waals surface area (Å²) in [4.78, 5) is 14.3. The van der Waals surface area contributed by atoms with Gasteiger partial charge in [0.15, 0.2) is 11.5 Å². The topological polar surface area (TPSA) is 38.8 Å². The van der Waals surface area contributed by atoms with Crippen LogP contribution in [0.15, 0.2) is 42.5 Å². The molecule has 1 amide bonds. The van der Waals surface area contributed by atoms with Gasteiger partial charge in [-0.05, 0) is 41.3 Å². The van der Waals surface area contributed by atoms with Gasteiger partial charge in [0.1, 0.15) is 13.2 Å². The van der Waals surface area contributed by atoms with Gasteiger partial charge in [0.25, 0.3) is 5.91 Å². The van der Waals surface area contributed by atoms with E-state index in [9.17, 15) is 4.79 Å². The van der Waals surface area contributed by atoms with Crippen LogP contribution in [0.5, 0.6) is 11.5 Å². The maximum Gasteiger partial charge on any atom is 0.253 e. The summed E-state index contributed by atoms with van der Waals surface area (Å²) in [6.45, 7) is 5.96. The van der Waals surface area contributed by atoms with Crippen LogP contribution in [-0.2, 0) is 6.54 Å². The summed E-state index contributed by atoms with van der Waals surface area (Å²) < 4.78 is 11.1. The van der Waals surface area contributed by atoms with Crippen LogP contribution in [0.3, 0.4) is 0 Å². The van der Waals surface area contributed by atoms with Crippen LogP contribution in [0.4, 0.5) is 0 Å². The van der Waals surface area contributed by atoms with Gasteiger partial charge < -0.3 is 14.4 Å². The average molecular weight is 325 g/mol. The van der Waals surface area contributed by atoms with Gasteiger partial charge in [-0.15, -0.1) is 0 Å². The van der Waals surface area contributed by atoms with Gasteiger partial charge >= 0.3 is 0 Å². The van der Waals surface area contributed by atoms with Crippen LogP contribution in [0.2, 0.25) is 0 Å². The number of rotatable bonds is 4. The van der Waals surface area contributed by atoms with Gasteiger partial charge in [0.2, 0.25) is 0 Å². The SMILES string of the molecule is CC(C)c1ccc(C(=O)N(C)Cc2ccc3c(c2)OCCO3)cc1. The van der Waals surface area contributed by atoms with E-state index in [1.807, 2.05) is 49.5 Å². The molecule has 0 bridgehead atoms. The first-order valence-corrected chi connectivity index (χ1v) is 8.28. The minimum Gasteiger partial charge on any atom is -0.486 e. The van der Waals surface area contributed by atoms with Crippen LogP contribution in [0, 0.1) is 0 Å². The van der Waals surface area contributed by atoms with Gasteiger partial charge in [-0.2, -0.15) is 0 Å². The molecule has 1 aliphatic rings. The second-order valence-electron chi connectivity index (χ2n) is 6.42. The first-order chi connectivity index (χ1) is 11.5. The molecule has 3 rings (SSSR count). The fraction of sp³-hybridized carbons (Fsp3) is 0.350. The molecule has 4 nitrogen and oxygen atoms in total. The van der Waals surface area contributed by atoms with E-state index in [0.29, 0.717) is 31.2 Å². The van der Waals surface area contributed by atoms with E-state index < -0.39 is 0 Å². The molecule has 2 aromatic rings. The molecule has 0 saturated heterocycles. The van der Waals surface area contributed by atoms with Crippen molar-refractivity contribution in [3.63, 3.8) is 0 Å². The molecule has 0 saturated carbocycles. The number of hydrogen-bond donors (Lipinski definition) is 0. The van der Waals surface area contributed by atoms with Crippen molar-refractivity contribution in [3.05, 3.63) is 59.2 Å². The van der Waals surface area contributed by atoms with Crippen molar-refractivity contribution in [3.8, 4) is 11.5 Å². The third kappa shape index (κ3) is 3.53. The Morgan fingerprint density at radius 1 is 1.04 bits per heavy atom. The first-order valence-electron chi connectivity index (χ1n) is 8.28. The number of benzene rings is 2. The number of carbonyl (C=O) groups is 1. The summed E-state index contributed by atoms with van der Waals surface area (Å²) in [7, 11) is 1.81. The molecule has 24 heavy (non-hydrogen) atoms. The molecule has 0 fully saturated rings. The number of fused-ring (bicyclic) bond motifs is 1. The van der Waals surface area contributed by atoms with Gasteiger partial charge in [-0.3, -0.25) is 4.79 Å². The molecule has 0 aliphatic carbocycles. The Morgan fingerprint density at radius 2 is 1.71 bits per heavy atom. The molecule has 126 valence electrons. The number of carbonyl (C=O) groups excluding carboxylic acids is 1. The maximum atomic E-state index is 12.6. The highest BCUT2D eigenvalue weighted by molar-refractivity contribution is 5.94. The van der Waals surface area contributed by atoms with E-state index in [4.69, 9.17) is 9.47 Å². The number of hydrogen-bond acceptors (Lipinski definition) is 3. The lowest BCUT2D eigenvalue weighted by Gasteiger charge is -2.21. The summed E-state index contributed by atoms with van der Waals surface area (Å²) >= 11 is 0. The average Bonchev–Trinajstić information content (AvgIpc) is 2.61. The van der Waals surface area contributed by atoms with E-state index in [2.05, 4.69) is 13.8 Å². The van der Waals surface area contributed by atoms with Crippen molar-refractivity contribution in [1.29, 1.82) is 0 Å². The summed E-state index contributed by atoms with van der Waals surface area (Å²) in [6, 6.07) is 13.7. The molecule has 0 atom stereocenters. The van der Waals surface area contributed by atoms with Crippen LogP contribution in [0.1, 0.15) is 41.3 Å². The highest BCUT2D eigenvalue weighted by Crippen LogP contribution is 2.31. The molecule has 0 aromatic heterocycles. The third-order valence-electron chi connectivity index (χ3n) is 4.20. The lowest BCUT2D eigenvalue weighted by atomic mass is 10.0. The fourth-order valence-corrected chi connectivity index (χ4v) is 2.76. The molecule has 1 heterocycles. The van der Waals surface area contributed by atoms with Crippen molar-refractivity contribution in [1.82, 2.24) is 4.90 Å². The predicted molar refractivity (Wildman–Crippen MR) is 93.8 cm³/mol. The Bertz CT molecular complexity index is 722. The zero-order valence-corrected chi connectivity index (χ0v) is 14.4. The highest BCUT2D eigenvalue weighted by Gasteiger charge is 2.15. The van der Waals surface area contributed by atoms with Crippen LogP contribution in [0.25, 0.3) is 0 Å². The lowest BCUT2D eigenvalue weighted by molar-refractivity contribution is 0.0784. The quantitative estimate of drug-likeness (QED) is 0.857. The molecular weight excluding hydrogens is 302 g/mol. The van der Waals surface area contributed by atoms with E-state index in [0.717, 1.165) is 17.1 Å². The molecule has 0 unspecified atom stereocenters. The summed E-state index contributed by atoms with van der Waals surface area (Å²) in [5.74, 6) is 1.99. The maximum absolute atomic E-state index is 12.6. The van der Waals surface area contributed by atoms with E-state index in [1.54, 1.807) is 4.90 Å². The van der Waals surface area contributed by atoms with Crippen molar-refractivity contribution >= 4 is 5.91 Å². The van der Waals surface area contributed by atoms with Gasteiger partial charge in [-0.25, -0.2) is 0 Å². The standard InChI is InChI=1S/C20H23NO3/c1-14(2)16-5-7-17(8-6-16)20(22)21(3)13-15-4-9-18-19(12-15)24-11-10-23-18/h4-9,12,14H,10-11,13H2,1-3H3.